The minimum Gasteiger partial charge on any atom is -0.497 e. The number of hydrogen-bond donors (Lipinski definition) is 1. The van der Waals surface area contributed by atoms with Crippen molar-refractivity contribution in [1.82, 2.24) is 5.32 Å². The fourth-order valence-corrected chi connectivity index (χ4v) is 1.37. The Hall–Kier alpha value is -1.44. The summed E-state index contributed by atoms with van der Waals surface area (Å²) in [4.78, 5) is 0. The summed E-state index contributed by atoms with van der Waals surface area (Å²) >= 11 is 0. The van der Waals surface area contributed by atoms with Crippen molar-refractivity contribution in [3.05, 3.63) is 36.0 Å². The molecule has 0 saturated carbocycles. The van der Waals surface area contributed by atoms with Crippen LogP contribution in [0.15, 0.2) is 30.5 Å². The highest BCUT2D eigenvalue weighted by atomic mass is 16.5. The van der Waals surface area contributed by atoms with Crippen LogP contribution in [0, 0.1) is 0 Å². The molecule has 76 valence electrons. The van der Waals surface area contributed by atoms with Crippen LogP contribution in [0.3, 0.4) is 0 Å². The number of allylic oxidation sites excluding steroid dienone is 1. The van der Waals surface area contributed by atoms with Crippen molar-refractivity contribution >= 4 is 5.57 Å². The van der Waals surface area contributed by atoms with Gasteiger partial charge in [-0.05, 0) is 35.9 Å². The molecule has 1 N–H and O–H groups in total. The Kier molecular flexibility index (Phi) is 4.05. The zero-order chi connectivity index (χ0) is 10.4. The van der Waals surface area contributed by atoms with Crippen LogP contribution < -0.4 is 10.1 Å². The predicted octanol–water partition coefficient (Wildman–Crippen LogP) is 2.67. The van der Waals surface area contributed by atoms with E-state index in [2.05, 4.69) is 24.4 Å². The Balaban J connectivity index is 2.89. The van der Waals surface area contributed by atoms with Gasteiger partial charge in [0.15, 0.2) is 0 Å². The predicted molar refractivity (Wildman–Crippen MR) is 60.3 cm³/mol. The lowest BCUT2D eigenvalue weighted by molar-refractivity contribution is 0.415. The van der Waals surface area contributed by atoms with Crippen molar-refractivity contribution in [2.75, 3.05) is 14.2 Å². The van der Waals surface area contributed by atoms with Gasteiger partial charge in [-0.2, -0.15) is 0 Å². The van der Waals surface area contributed by atoms with Crippen LogP contribution in [-0.4, -0.2) is 14.2 Å². The van der Waals surface area contributed by atoms with Crippen LogP contribution in [0.25, 0.3) is 5.57 Å². The average Bonchev–Trinajstić information content (AvgIpc) is 2.26. The number of rotatable bonds is 4. The van der Waals surface area contributed by atoms with E-state index >= 15 is 0 Å². The van der Waals surface area contributed by atoms with Gasteiger partial charge < -0.3 is 10.1 Å². The van der Waals surface area contributed by atoms with E-state index in [1.54, 1.807) is 7.11 Å². The van der Waals surface area contributed by atoms with Crippen LogP contribution in [0.1, 0.15) is 18.9 Å². The topological polar surface area (TPSA) is 21.3 Å². The lowest BCUT2D eigenvalue weighted by atomic mass is 10.0. The van der Waals surface area contributed by atoms with Crippen LogP contribution in [-0.2, 0) is 0 Å². The van der Waals surface area contributed by atoms with Crippen molar-refractivity contribution in [3.63, 3.8) is 0 Å². The smallest absolute Gasteiger partial charge is 0.118 e. The summed E-state index contributed by atoms with van der Waals surface area (Å²) in [6, 6.07) is 8.11. The van der Waals surface area contributed by atoms with Gasteiger partial charge in [-0.15, -0.1) is 0 Å². The van der Waals surface area contributed by atoms with Gasteiger partial charge in [0.05, 0.1) is 7.11 Å². The molecule has 0 radical (unpaired) electrons. The van der Waals surface area contributed by atoms with E-state index in [4.69, 9.17) is 4.74 Å². The Morgan fingerprint density at radius 1 is 1.36 bits per heavy atom. The SMILES string of the molecule is CC/C(=C\NC)c1ccc(OC)cc1. The lowest BCUT2D eigenvalue weighted by Crippen LogP contribution is -1.95. The van der Waals surface area contributed by atoms with Gasteiger partial charge in [-0.25, -0.2) is 0 Å². The van der Waals surface area contributed by atoms with Gasteiger partial charge in [0.2, 0.25) is 0 Å². The molecule has 0 spiro atoms. The molecular weight excluding hydrogens is 174 g/mol. The minimum atomic E-state index is 0.897. The maximum atomic E-state index is 5.11. The molecule has 14 heavy (non-hydrogen) atoms. The van der Waals surface area contributed by atoms with Crippen LogP contribution in [0.2, 0.25) is 0 Å². The maximum absolute atomic E-state index is 5.11. The summed E-state index contributed by atoms with van der Waals surface area (Å²) in [5.74, 6) is 0.897. The second-order valence-corrected chi connectivity index (χ2v) is 3.04. The fourth-order valence-electron chi connectivity index (χ4n) is 1.37. The van der Waals surface area contributed by atoms with Crippen LogP contribution in [0.5, 0.6) is 5.75 Å². The van der Waals surface area contributed by atoms with Crippen LogP contribution >= 0.6 is 0 Å². The van der Waals surface area contributed by atoms with E-state index in [9.17, 15) is 0 Å². The van der Waals surface area contributed by atoms with Gasteiger partial charge >= 0.3 is 0 Å². The monoisotopic (exact) mass is 191 g/mol. The molecule has 1 aromatic carbocycles. The molecule has 2 nitrogen and oxygen atoms in total. The summed E-state index contributed by atoms with van der Waals surface area (Å²) < 4.78 is 5.11. The number of benzene rings is 1. The first-order valence-corrected chi connectivity index (χ1v) is 4.82. The van der Waals surface area contributed by atoms with Crippen molar-refractivity contribution in [2.24, 2.45) is 0 Å². The largest absolute Gasteiger partial charge is 0.497 e. The molecule has 0 bridgehead atoms. The Bertz CT molecular complexity index is 301. The highest BCUT2D eigenvalue weighted by Gasteiger charge is 1.98. The molecule has 0 atom stereocenters. The Morgan fingerprint density at radius 3 is 2.43 bits per heavy atom. The van der Waals surface area contributed by atoms with E-state index in [-0.39, 0.29) is 0 Å². The second-order valence-electron chi connectivity index (χ2n) is 3.04. The van der Waals surface area contributed by atoms with Crippen molar-refractivity contribution < 1.29 is 4.74 Å². The molecule has 0 aliphatic rings. The molecule has 1 aromatic rings. The second kappa shape index (κ2) is 5.32. The zero-order valence-electron chi connectivity index (χ0n) is 9.00. The number of hydrogen-bond acceptors (Lipinski definition) is 2. The fraction of sp³-hybridized carbons (Fsp3) is 0.333. The quantitative estimate of drug-likeness (QED) is 0.790. The summed E-state index contributed by atoms with van der Waals surface area (Å²) in [6.45, 7) is 2.15. The third-order valence-corrected chi connectivity index (χ3v) is 2.16. The number of nitrogens with one attached hydrogen (secondary N) is 1. The normalized spacial score (nSPS) is 11.2. The molecule has 0 unspecified atom stereocenters. The van der Waals surface area contributed by atoms with Gasteiger partial charge in [-0.1, -0.05) is 19.1 Å². The molecule has 1 rings (SSSR count). The van der Waals surface area contributed by atoms with E-state index in [0.717, 1.165) is 12.2 Å². The van der Waals surface area contributed by atoms with Gasteiger partial charge in [0.1, 0.15) is 5.75 Å². The average molecular weight is 191 g/mol. The molecular formula is C12H17NO. The van der Waals surface area contributed by atoms with E-state index in [1.165, 1.54) is 11.1 Å². The molecule has 0 fully saturated rings. The minimum absolute atomic E-state index is 0.897. The third-order valence-electron chi connectivity index (χ3n) is 2.16. The van der Waals surface area contributed by atoms with Gasteiger partial charge in [0.25, 0.3) is 0 Å². The number of ether oxygens (including phenoxy) is 1. The van der Waals surface area contributed by atoms with E-state index < -0.39 is 0 Å². The van der Waals surface area contributed by atoms with Crippen molar-refractivity contribution in [3.8, 4) is 5.75 Å². The number of methoxy groups -OCH3 is 1. The molecule has 0 heterocycles. The summed E-state index contributed by atoms with van der Waals surface area (Å²) in [7, 11) is 3.60. The first-order valence-electron chi connectivity index (χ1n) is 4.82. The highest BCUT2D eigenvalue weighted by Crippen LogP contribution is 2.20. The van der Waals surface area contributed by atoms with E-state index in [1.807, 2.05) is 25.4 Å². The Morgan fingerprint density at radius 2 is 2.00 bits per heavy atom. The molecule has 2 heteroatoms. The van der Waals surface area contributed by atoms with E-state index in [0.29, 0.717) is 0 Å². The summed E-state index contributed by atoms with van der Waals surface area (Å²) in [6.07, 6.45) is 3.05. The van der Waals surface area contributed by atoms with Crippen molar-refractivity contribution in [2.45, 2.75) is 13.3 Å². The van der Waals surface area contributed by atoms with Crippen molar-refractivity contribution in [1.29, 1.82) is 0 Å². The van der Waals surface area contributed by atoms with Gasteiger partial charge in [0, 0.05) is 7.05 Å². The standard InChI is InChI=1S/C12H17NO/c1-4-10(9-13-2)11-5-7-12(14-3)8-6-11/h5-9,13H,4H2,1-3H3/b10-9+. The first kappa shape index (κ1) is 10.6. The first-order chi connectivity index (χ1) is 6.81. The molecule has 0 aromatic heterocycles. The highest BCUT2D eigenvalue weighted by molar-refractivity contribution is 5.65. The zero-order valence-corrected chi connectivity index (χ0v) is 9.00. The Labute approximate surface area is 85.6 Å². The lowest BCUT2D eigenvalue weighted by Gasteiger charge is -2.06. The third kappa shape index (κ3) is 2.52. The van der Waals surface area contributed by atoms with Gasteiger partial charge in [-0.3, -0.25) is 0 Å². The summed E-state index contributed by atoms with van der Waals surface area (Å²) in [5.41, 5.74) is 2.54. The molecule has 0 aliphatic heterocycles. The molecule has 0 aliphatic carbocycles. The summed E-state index contributed by atoms with van der Waals surface area (Å²) in [5, 5.41) is 3.05. The molecule has 0 saturated heterocycles. The maximum Gasteiger partial charge on any atom is 0.118 e. The van der Waals surface area contributed by atoms with Crippen LogP contribution in [0.4, 0.5) is 0 Å². The molecule has 0 amide bonds.